The second kappa shape index (κ2) is 5.47. The lowest BCUT2D eigenvalue weighted by molar-refractivity contribution is -0.117. The third-order valence-electron chi connectivity index (χ3n) is 3.90. The van der Waals surface area contributed by atoms with E-state index >= 15 is 0 Å². The number of carbonyl (C=O) groups excluding carboxylic acids is 1. The van der Waals surface area contributed by atoms with Crippen LogP contribution in [0.4, 0.5) is 5.69 Å². The Morgan fingerprint density at radius 3 is 2.76 bits per heavy atom. The van der Waals surface area contributed by atoms with Gasteiger partial charge in [0.25, 0.3) is 0 Å². The first-order valence-electron chi connectivity index (χ1n) is 6.77. The van der Waals surface area contributed by atoms with Gasteiger partial charge in [0.15, 0.2) is 0 Å². The number of alkyl halides is 1. The van der Waals surface area contributed by atoms with E-state index in [1.807, 2.05) is 37.4 Å². The first-order valence-corrected chi connectivity index (χ1v) is 8.00. The van der Waals surface area contributed by atoms with Crippen molar-refractivity contribution in [2.75, 3.05) is 11.9 Å². The number of rotatable bonds is 2. The van der Waals surface area contributed by atoms with Crippen molar-refractivity contribution >= 4 is 39.1 Å². The molecule has 2 nitrogen and oxygen atoms in total. The standard InChI is InChI=1S/C17H15BrClNO/c1-10-3-5-14(18)13(7-10)17(19)11-4-6-15-12(8-11)9-16(21)20(15)2/h3-8,17H,9H2,1-2H3. The van der Waals surface area contributed by atoms with Crippen molar-refractivity contribution in [1.82, 2.24) is 0 Å². The third-order valence-corrected chi connectivity index (χ3v) is 5.11. The summed E-state index contributed by atoms with van der Waals surface area (Å²) in [5.74, 6) is 0.130. The van der Waals surface area contributed by atoms with Gasteiger partial charge in [0.1, 0.15) is 0 Å². The summed E-state index contributed by atoms with van der Waals surface area (Å²) in [6, 6.07) is 12.2. The fourth-order valence-electron chi connectivity index (χ4n) is 2.68. The number of nitrogens with zero attached hydrogens (tertiary/aromatic N) is 1. The number of benzene rings is 2. The van der Waals surface area contributed by atoms with Gasteiger partial charge in [-0.05, 0) is 35.7 Å². The van der Waals surface area contributed by atoms with Gasteiger partial charge < -0.3 is 4.90 Å². The number of anilines is 1. The van der Waals surface area contributed by atoms with E-state index in [1.54, 1.807) is 4.90 Å². The molecule has 1 amide bonds. The van der Waals surface area contributed by atoms with E-state index in [0.717, 1.165) is 26.9 Å². The van der Waals surface area contributed by atoms with Gasteiger partial charge in [0, 0.05) is 17.2 Å². The molecule has 2 aromatic rings. The summed E-state index contributed by atoms with van der Waals surface area (Å²) in [5.41, 5.74) is 5.28. The first kappa shape index (κ1) is 14.6. The minimum Gasteiger partial charge on any atom is -0.315 e. The molecular formula is C17H15BrClNO. The maximum Gasteiger partial charge on any atom is 0.231 e. The van der Waals surface area contributed by atoms with Gasteiger partial charge >= 0.3 is 0 Å². The SMILES string of the molecule is Cc1ccc(Br)c(C(Cl)c2ccc3c(c2)CC(=O)N3C)c1. The highest BCUT2D eigenvalue weighted by molar-refractivity contribution is 9.10. The summed E-state index contributed by atoms with van der Waals surface area (Å²) >= 11 is 10.2. The number of carbonyl (C=O) groups is 1. The van der Waals surface area contributed by atoms with Crippen molar-refractivity contribution in [2.24, 2.45) is 0 Å². The lowest BCUT2D eigenvalue weighted by Gasteiger charge is -2.15. The Morgan fingerprint density at radius 1 is 1.24 bits per heavy atom. The monoisotopic (exact) mass is 363 g/mol. The highest BCUT2D eigenvalue weighted by Crippen LogP contribution is 2.37. The van der Waals surface area contributed by atoms with Crippen LogP contribution in [0.2, 0.25) is 0 Å². The first-order chi connectivity index (χ1) is 9.97. The Hall–Kier alpha value is -1.32. The third kappa shape index (κ3) is 2.60. The molecule has 1 heterocycles. The van der Waals surface area contributed by atoms with Gasteiger partial charge in [-0.15, -0.1) is 11.6 Å². The topological polar surface area (TPSA) is 20.3 Å². The summed E-state index contributed by atoms with van der Waals surface area (Å²) in [7, 11) is 1.81. The van der Waals surface area contributed by atoms with Crippen molar-refractivity contribution in [1.29, 1.82) is 0 Å². The molecule has 2 aromatic carbocycles. The van der Waals surface area contributed by atoms with Gasteiger partial charge in [0.05, 0.1) is 11.8 Å². The molecule has 0 saturated carbocycles. The molecule has 0 bridgehead atoms. The molecular weight excluding hydrogens is 350 g/mol. The number of halogens is 2. The molecule has 0 saturated heterocycles. The molecule has 21 heavy (non-hydrogen) atoms. The van der Waals surface area contributed by atoms with E-state index in [4.69, 9.17) is 11.6 Å². The molecule has 1 aliphatic heterocycles. The van der Waals surface area contributed by atoms with Crippen LogP contribution < -0.4 is 4.90 Å². The Balaban J connectivity index is 2.00. The van der Waals surface area contributed by atoms with Gasteiger partial charge in [-0.2, -0.15) is 0 Å². The number of amides is 1. The van der Waals surface area contributed by atoms with Crippen molar-refractivity contribution in [3.63, 3.8) is 0 Å². The zero-order chi connectivity index (χ0) is 15.1. The largest absolute Gasteiger partial charge is 0.315 e. The second-order valence-corrected chi connectivity index (χ2v) is 6.70. The number of fused-ring (bicyclic) bond motifs is 1. The summed E-state index contributed by atoms with van der Waals surface area (Å²) in [6.45, 7) is 2.05. The highest BCUT2D eigenvalue weighted by Gasteiger charge is 2.25. The minimum atomic E-state index is -0.231. The van der Waals surface area contributed by atoms with E-state index in [9.17, 15) is 4.79 Å². The van der Waals surface area contributed by atoms with E-state index in [2.05, 4.69) is 28.9 Å². The fourth-order valence-corrected chi connectivity index (χ4v) is 3.61. The van der Waals surface area contributed by atoms with E-state index in [-0.39, 0.29) is 11.3 Å². The molecule has 0 fully saturated rings. The average molecular weight is 365 g/mol. The maximum atomic E-state index is 11.8. The Bertz CT molecular complexity index is 729. The highest BCUT2D eigenvalue weighted by atomic mass is 79.9. The van der Waals surface area contributed by atoms with Crippen LogP contribution in [0.3, 0.4) is 0 Å². The van der Waals surface area contributed by atoms with Crippen LogP contribution in [0.1, 0.15) is 27.6 Å². The van der Waals surface area contributed by atoms with Crippen LogP contribution in [0, 0.1) is 6.92 Å². The predicted octanol–water partition coefficient (Wildman–Crippen LogP) is 4.60. The summed E-state index contributed by atoms with van der Waals surface area (Å²) in [5, 5.41) is -0.231. The fraction of sp³-hybridized carbons (Fsp3) is 0.235. The Labute approximate surface area is 137 Å². The molecule has 0 aromatic heterocycles. The number of likely N-dealkylation sites (N-methyl/N-ethyl adjacent to an activating group) is 1. The van der Waals surface area contributed by atoms with Crippen molar-refractivity contribution in [3.8, 4) is 0 Å². The molecule has 1 atom stereocenters. The molecule has 0 N–H and O–H groups in total. The van der Waals surface area contributed by atoms with Gasteiger partial charge in [-0.3, -0.25) is 4.79 Å². The maximum absolute atomic E-state index is 11.8. The van der Waals surface area contributed by atoms with Crippen molar-refractivity contribution in [2.45, 2.75) is 18.7 Å². The molecule has 0 aliphatic carbocycles. The molecule has 3 rings (SSSR count). The van der Waals surface area contributed by atoms with Crippen molar-refractivity contribution < 1.29 is 4.79 Å². The summed E-state index contributed by atoms with van der Waals surface area (Å²) < 4.78 is 1.00. The lowest BCUT2D eigenvalue weighted by atomic mass is 10.00. The second-order valence-electron chi connectivity index (χ2n) is 5.41. The summed E-state index contributed by atoms with van der Waals surface area (Å²) in [4.78, 5) is 13.5. The molecule has 4 heteroatoms. The van der Waals surface area contributed by atoms with Crippen LogP contribution in [0.25, 0.3) is 0 Å². The predicted molar refractivity (Wildman–Crippen MR) is 90.1 cm³/mol. The van der Waals surface area contributed by atoms with E-state index in [0.29, 0.717) is 6.42 Å². The Kier molecular flexibility index (Phi) is 3.80. The molecule has 1 aliphatic rings. The average Bonchev–Trinajstić information content (AvgIpc) is 2.75. The van der Waals surface area contributed by atoms with E-state index in [1.165, 1.54) is 5.56 Å². The number of aryl methyl sites for hydroxylation is 1. The van der Waals surface area contributed by atoms with Crippen LogP contribution in [-0.2, 0) is 11.2 Å². The van der Waals surface area contributed by atoms with Gasteiger partial charge in [-0.25, -0.2) is 0 Å². The number of hydrogen-bond donors (Lipinski definition) is 0. The van der Waals surface area contributed by atoms with Gasteiger partial charge in [-0.1, -0.05) is 45.8 Å². The summed E-state index contributed by atoms with van der Waals surface area (Å²) in [6.07, 6.45) is 0.457. The number of hydrogen-bond acceptors (Lipinski definition) is 1. The van der Waals surface area contributed by atoms with Crippen LogP contribution in [-0.4, -0.2) is 13.0 Å². The normalized spacial score (nSPS) is 15.2. The van der Waals surface area contributed by atoms with E-state index < -0.39 is 0 Å². The molecule has 1 unspecified atom stereocenters. The van der Waals surface area contributed by atoms with Gasteiger partial charge in [0.2, 0.25) is 5.91 Å². The minimum absolute atomic E-state index is 0.130. The smallest absolute Gasteiger partial charge is 0.231 e. The molecule has 108 valence electrons. The van der Waals surface area contributed by atoms with Crippen molar-refractivity contribution in [3.05, 3.63) is 63.1 Å². The zero-order valence-electron chi connectivity index (χ0n) is 11.9. The lowest BCUT2D eigenvalue weighted by Crippen LogP contribution is -2.20. The Morgan fingerprint density at radius 2 is 2.00 bits per heavy atom. The zero-order valence-corrected chi connectivity index (χ0v) is 14.2. The van der Waals surface area contributed by atoms with Crippen LogP contribution in [0.15, 0.2) is 40.9 Å². The molecule has 0 radical (unpaired) electrons. The quantitative estimate of drug-likeness (QED) is 0.713. The van der Waals surface area contributed by atoms with Crippen LogP contribution in [0.5, 0.6) is 0 Å². The molecule has 0 spiro atoms. The van der Waals surface area contributed by atoms with Crippen LogP contribution >= 0.6 is 27.5 Å².